The molecule has 0 aromatic heterocycles. The highest BCUT2D eigenvalue weighted by Gasteiger charge is 2.41. The van der Waals surface area contributed by atoms with Crippen molar-refractivity contribution in [2.45, 2.75) is 37.6 Å². The molecule has 0 saturated heterocycles. The summed E-state index contributed by atoms with van der Waals surface area (Å²) in [6.07, 6.45) is 4.19. The second kappa shape index (κ2) is 12.9. The van der Waals surface area contributed by atoms with Gasteiger partial charge in [0.15, 0.2) is 0 Å². The van der Waals surface area contributed by atoms with Gasteiger partial charge in [-0.25, -0.2) is 0 Å². The molecule has 5 nitrogen and oxygen atoms in total. The summed E-state index contributed by atoms with van der Waals surface area (Å²) >= 11 is 0. The molecule has 0 aliphatic carbocycles. The SMILES string of the molecule is COc1ccc(C(c2ccccc2)(c2ccccc2)N(CCCCCCN)CCC(=O)O)cc1. The molecule has 0 aliphatic heterocycles. The quantitative estimate of drug-likeness (QED) is 0.253. The Kier molecular flexibility index (Phi) is 9.68. The molecule has 180 valence electrons. The fraction of sp³-hybridized carbons (Fsp3) is 0.345. The lowest BCUT2D eigenvalue weighted by Gasteiger charge is -2.46. The van der Waals surface area contributed by atoms with Gasteiger partial charge in [-0.05, 0) is 54.8 Å². The van der Waals surface area contributed by atoms with Crippen molar-refractivity contribution >= 4 is 5.97 Å². The van der Waals surface area contributed by atoms with Crippen LogP contribution in [-0.2, 0) is 10.3 Å². The van der Waals surface area contributed by atoms with Crippen molar-refractivity contribution in [1.29, 1.82) is 0 Å². The van der Waals surface area contributed by atoms with E-state index in [2.05, 4.69) is 41.3 Å². The van der Waals surface area contributed by atoms with Gasteiger partial charge in [-0.15, -0.1) is 0 Å². The van der Waals surface area contributed by atoms with Gasteiger partial charge in [0, 0.05) is 6.54 Å². The number of carboxylic acid groups (broad SMARTS) is 1. The van der Waals surface area contributed by atoms with Crippen molar-refractivity contribution in [3.05, 3.63) is 102 Å². The number of benzene rings is 3. The largest absolute Gasteiger partial charge is 0.497 e. The van der Waals surface area contributed by atoms with Gasteiger partial charge in [0.05, 0.1) is 19.1 Å². The van der Waals surface area contributed by atoms with Gasteiger partial charge in [-0.3, -0.25) is 9.69 Å². The number of aliphatic carboxylic acids is 1. The van der Waals surface area contributed by atoms with E-state index in [-0.39, 0.29) is 6.42 Å². The summed E-state index contributed by atoms with van der Waals surface area (Å²) in [6, 6.07) is 28.9. The molecule has 3 rings (SSSR count). The number of hydrogen-bond donors (Lipinski definition) is 2. The first-order chi connectivity index (χ1) is 16.6. The Balaban J connectivity index is 2.18. The van der Waals surface area contributed by atoms with E-state index < -0.39 is 11.5 Å². The highest BCUT2D eigenvalue weighted by atomic mass is 16.5. The average Bonchev–Trinajstić information content (AvgIpc) is 2.88. The second-order valence-electron chi connectivity index (χ2n) is 8.50. The van der Waals surface area contributed by atoms with Crippen LogP contribution in [0.25, 0.3) is 0 Å². The first kappa shape index (κ1) is 25.5. The first-order valence-corrected chi connectivity index (χ1v) is 12.1. The minimum atomic E-state index is -0.794. The van der Waals surface area contributed by atoms with E-state index in [0.717, 1.165) is 54.7 Å². The van der Waals surface area contributed by atoms with E-state index in [1.54, 1.807) is 7.11 Å². The molecule has 0 bridgehead atoms. The van der Waals surface area contributed by atoms with Crippen LogP contribution in [0.3, 0.4) is 0 Å². The Morgan fingerprint density at radius 3 is 1.82 bits per heavy atom. The third-order valence-electron chi connectivity index (χ3n) is 6.34. The number of nitrogens with two attached hydrogens (primary N) is 1. The van der Waals surface area contributed by atoms with Crippen LogP contribution in [0.1, 0.15) is 48.8 Å². The number of hydrogen-bond acceptors (Lipinski definition) is 4. The van der Waals surface area contributed by atoms with Crippen molar-refractivity contribution in [2.24, 2.45) is 5.73 Å². The Morgan fingerprint density at radius 1 is 0.794 bits per heavy atom. The summed E-state index contributed by atoms with van der Waals surface area (Å²) in [6.45, 7) is 1.91. The van der Waals surface area contributed by atoms with Gasteiger partial charge in [0.1, 0.15) is 5.75 Å². The monoisotopic (exact) mass is 460 g/mol. The van der Waals surface area contributed by atoms with Gasteiger partial charge >= 0.3 is 5.97 Å². The maximum Gasteiger partial charge on any atom is 0.304 e. The van der Waals surface area contributed by atoms with Crippen molar-refractivity contribution in [3.8, 4) is 5.75 Å². The third-order valence-corrected chi connectivity index (χ3v) is 6.34. The fourth-order valence-electron chi connectivity index (χ4n) is 4.72. The second-order valence-corrected chi connectivity index (χ2v) is 8.50. The Hall–Kier alpha value is -3.15. The molecule has 0 saturated carbocycles. The molecule has 3 aromatic carbocycles. The summed E-state index contributed by atoms with van der Waals surface area (Å²) < 4.78 is 5.43. The van der Waals surface area contributed by atoms with Gasteiger partial charge in [-0.2, -0.15) is 0 Å². The number of ether oxygens (including phenoxy) is 1. The van der Waals surface area contributed by atoms with Crippen molar-refractivity contribution in [1.82, 2.24) is 4.90 Å². The molecular weight excluding hydrogens is 424 g/mol. The molecule has 3 aromatic rings. The number of nitrogens with zero attached hydrogens (tertiary/aromatic N) is 1. The van der Waals surface area contributed by atoms with Crippen LogP contribution in [0, 0.1) is 0 Å². The number of rotatable bonds is 14. The topological polar surface area (TPSA) is 75.8 Å². The lowest BCUT2D eigenvalue weighted by Crippen LogP contribution is -2.49. The average molecular weight is 461 g/mol. The maximum absolute atomic E-state index is 11.7. The van der Waals surface area contributed by atoms with Crippen LogP contribution in [0.4, 0.5) is 0 Å². The third kappa shape index (κ3) is 6.04. The molecule has 5 heteroatoms. The molecule has 0 atom stereocenters. The first-order valence-electron chi connectivity index (χ1n) is 12.1. The maximum atomic E-state index is 11.7. The van der Waals surface area contributed by atoms with Crippen LogP contribution in [0.5, 0.6) is 5.75 Å². The standard InChI is InChI=1S/C29H36N2O3/c1-34-27-18-16-26(17-19-27)29(24-12-6-4-7-13-24,25-14-8-5-9-15-25)31(23-20-28(32)33)22-11-3-2-10-21-30/h4-9,12-19H,2-3,10-11,20-23,30H2,1H3,(H,32,33). The van der Waals surface area contributed by atoms with E-state index in [4.69, 9.17) is 10.5 Å². The molecule has 0 fully saturated rings. The zero-order valence-corrected chi connectivity index (χ0v) is 20.0. The summed E-state index contributed by atoms with van der Waals surface area (Å²) in [5.41, 5.74) is 8.35. The lowest BCUT2D eigenvalue weighted by molar-refractivity contribution is -0.137. The summed E-state index contributed by atoms with van der Waals surface area (Å²) in [5, 5.41) is 9.59. The van der Waals surface area contributed by atoms with Gasteiger partial charge in [0.2, 0.25) is 0 Å². The lowest BCUT2D eigenvalue weighted by atomic mass is 9.75. The summed E-state index contributed by atoms with van der Waals surface area (Å²) in [5.74, 6) is -0.00414. The van der Waals surface area contributed by atoms with Crippen LogP contribution >= 0.6 is 0 Å². The van der Waals surface area contributed by atoms with Gasteiger partial charge < -0.3 is 15.6 Å². The highest BCUT2D eigenvalue weighted by Crippen LogP contribution is 2.43. The normalized spacial score (nSPS) is 11.5. The molecule has 0 aliphatic rings. The van der Waals surface area contributed by atoms with Gasteiger partial charge in [0.25, 0.3) is 0 Å². The Morgan fingerprint density at radius 2 is 1.32 bits per heavy atom. The predicted octanol–water partition coefficient (Wildman–Crippen LogP) is 5.28. The summed E-state index contributed by atoms with van der Waals surface area (Å²) in [4.78, 5) is 14.0. The highest BCUT2D eigenvalue weighted by molar-refractivity contribution is 5.67. The molecule has 0 unspecified atom stereocenters. The zero-order valence-electron chi connectivity index (χ0n) is 20.0. The smallest absolute Gasteiger partial charge is 0.304 e. The Labute approximate surface area is 203 Å². The summed E-state index contributed by atoms with van der Waals surface area (Å²) in [7, 11) is 1.66. The molecular formula is C29H36N2O3. The van der Waals surface area contributed by atoms with Crippen molar-refractivity contribution < 1.29 is 14.6 Å². The van der Waals surface area contributed by atoms with Crippen LogP contribution in [0.15, 0.2) is 84.9 Å². The predicted molar refractivity (Wildman–Crippen MR) is 137 cm³/mol. The molecule has 0 amide bonds. The molecule has 0 spiro atoms. The fourth-order valence-corrected chi connectivity index (χ4v) is 4.72. The minimum Gasteiger partial charge on any atom is -0.497 e. The van der Waals surface area contributed by atoms with Crippen LogP contribution in [-0.4, -0.2) is 42.7 Å². The number of carbonyl (C=O) groups is 1. The molecule has 0 radical (unpaired) electrons. The minimum absolute atomic E-state index is 0.0698. The van der Waals surface area contributed by atoms with Crippen molar-refractivity contribution in [3.63, 3.8) is 0 Å². The number of unbranched alkanes of at least 4 members (excludes halogenated alkanes) is 3. The van der Waals surface area contributed by atoms with E-state index in [1.165, 1.54) is 0 Å². The Bertz CT molecular complexity index is 951. The zero-order chi connectivity index (χ0) is 24.2. The van der Waals surface area contributed by atoms with E-state index in [9.17, 15) is 9.90 Å². The molecule has 3 N–H and O–H groups in total. The van der Waals surface area contributed by atoms with Crippen LogP contribution in [0.2, 0.25) is 0 Å². The number of methoxy groups -OCH3 is 1. The van der Waals surface area contributed by atoms with E-state index >= 15 is 0 Å². The molecule has 0 heterocycles. The van der Waals surface area contributed by atoms with Crippen LogP contribution < -0.4 is 10.5 Å². The van der Waals surface area contributed by atoms with E-state index in [1.807, 2.05) is 48.5 Å². The van der Waals surface area contributed by atoms with Gasteiger partial charge in [-0.1, -0.05) is 85.6 Å². The number of carboxylic acids is 1. The molecule has 34 heavy (non-hydrogen) atoms. The van der Waals surface area contributed by atoms with Crippen molar-refractivity contribution in [2.75, 3.05) is 26.7 Å². The van der Waals surface area contributed by atoms with E-state index in [0.29, 0.717) is 13.1 Å².